The lowest BCUT2D eigenvalue weighted by atomic mass is 10.1. The maximum atomic E-state index is 13.0. The van der Waals surface area contributed by atoms with Crippen molar-refractivity contribution in [2.75, 3.05) is 11.9 Å². The van der Waals surface area contributed by atoms with Crippen molar-refractivity contribution in [1.82, 2.24) is 14.7 Å². The summed E-state index contributed by atoms with van der Waals surface area (Å²) in [7, 11) is 0. The van der Waals surface area contributed by atoms with E-state index in [2.05, 4.69) is 15.5 Å². The van der Waals surface area contributed by atoms with E-state index in [9.17, 15) is 14.4 Å². The van der Waals surface area contributed by atoms with Crippen LogP contribution < -0.4 is 10.9 Å². The van der Waals surface area contributed by atoms with Crippen LogP contribution in [0.4, 0.5) is 5.69 Å². The van der Waals surface area contributed by atoms with Crippen LogP contribution in [0.3, 0.4) is 0 Å². The van der Waals surface area contributed by atoms with E-state index in [0.29, 0.717) is 12.1 Å². The zero-order chi connectivity index (χ0) is 21.0. The summed E-state index contributed by atoms with van der Waals surface area (Å²) in [6.45, 7) is 5.54. The molecular weight excluding hydrogens is 376 g/mol. The first kappa shape index (κ1) is 20.2. The van der Waals surface area contributed by atoms with Crippen molar-refractivity contribution in [2.24, 2.45) is 0 Å². The molecule has 0 unspecified atom stereocenters. The van der Waals surface area contributed by atoms with Crippen molar-refractivity contribution in [3.05, 3.63) is 52.2 Å². The minimum Gasteiger partial charge on any atom is -0.461 e. The lowest BCUT2D eigenvalue weighted by molar-refractivity contribution is -0.119. The molecule has 0 aliphatic heterocycles. The van der Waals surface area contributed by atoms with E-state index in [-0.39, 0.29) is 29.3 Å². The number of amides is 1. The summed E-state index contributed by atoms with van der Waals surface area (Å²) in [5.74, 6) is -1.14. The second-order valence-corrected chi connectivity index (χ2v) is 6.31. The number of ether oxygens (including phenoxy) is 1. The van der Waals surface area contributed by atoms with Gasteiger partial charge >= 0.3 is 5.97 Å². The smallest absolute Gasteiger partial charge is 0.361 e. The molecule has 1 aromatic carbocycles. The van der Waals surface area contributed by atoms with E-state index < -0.39 is 17.6 Å². The summed E-state index contributed by atoms with van der Waals surface area (Å²) < 4.78 is 11.1. The van der Waals surface area contributed by atoms with Gasteiger partial charge in [-0.25, -0.2) is 9.78 Å². The Morgan fingerprint density at radius 1 is 1.24 bits per heavy atom. The van der Waals surface area contributed by atoms with Crippen molar-refractivity contribution in [2.45, 2.75) is 39.7 Å². The van der Waals surface area contributed by atoms with Gasteiger partial charge in [-0.3, -0.25) is 14.2 Å². The predicted octanol–water partition coefficient (Wildman–Crippen LogP) is 2.71. The Kier molecular flexibility index (Phi) is 6.06. The summed E-state index contributed by atoms with van der Waals surface area (Å²) >= 11 is 0. The van der Waals surface area contributed by atoms with Crippen molar-refractivity contribution < 1.29 is 18.8 Å². The predicted molar refractivity (Wildman–Crippen MR) is 106 cm³/mol. The molecule has 29 heavy (non-hydrogen) atoms. The number of aryl methyl sites for hydroxylation is 1. The molecule has 9 heteroatoms. The largest absolute Gasteiger partial charge is 0.461 e. The fourth-order valence-corrected chi connectivity index (χ4v) is 3.09. The van der Waals surface area contributed by atoms with Crippen LogP contribution in [0.5, 0.6) is 0 Å². The molecule has 3 aromatic rings. The van der Waals surface area contributed by atoms with Gasteiger partial charge in [-0.2, -0.15) is 0 Å². The molecule has 0 aliphatic rings. The molecule has 2 heterocycles. The van der Waals surface area contributed by atoms with Gasteiger partial charge < -0.3 is 14.6 Å². The van der Waals surface area contributed by atoms with Crippen molar-refractivity contribution in [1.29, 1.82) is 0 Å². The molecule has 3 rings (SSSR count). The molecule has 1 atom stereocenters. The molecule has 0 radical (unpaired) electrons. The standard InChI is InChI=1S/C20H22N4O5/c1-4-12-9-7-8-10-13(12)22-17(25)14(5-2)24-11-21-18-15(19(24)26)16(23-29-18)20(27)28-6-3/h7-11,14H,4-6H2,1-3H3,(H,22,25)/t14-/m1/s1. The van der Waals surface area contributed by atoms with Crippen LogP contribution in [-0.2, 0) is 16.0 Å². The fraction of sp³-hybridized carbons (Fsp3) is 0.350. The quantitative estimate of drug-likeness (QED) is 0.608. The summed E-state index contributed by atoms with van der Waals surface area (Å²) in [5, 5.41) is 6.39. The average Bonchev–Trinajstić information content (AvgIpc) is 3.16. The second kappa shape index (κ2) is 8.68. The SMILES string of the molecule is CCOC(=O)c1noc2ncn([C@H](CC)C(=O)Nc3ccccc3CC)c(=O)c12. The topological polar surface area (TPSA) is 116 Å². The molecule has 1 amide bonds. The van der Waals surface area contributed by atoms with Crippen LogP contribution in [-0.4, -0.2) is 33.2 Å². The van der Waals surface area contributed by atoms with Crippen LogP contribution in [0, 0.1) is 0 Å². The van der Waals surface area contributed by atoms with E-state index >= 15 is 0 Å². The summed E-state index contributed by atoms with van der Waals surface area (Å²) in [4.78, 5) is 42.1. The molecule has 1 N–H and O–H groups in total. The first-order valence-electron chi connectivity index (χ1n) is 9.44. The Labute approximate surface area is 166 Å². The van der Waals surface area contributed by atoms with Crippen LogP contribution in [0.25, 0.3) is 11.1 Å². The molecule has 0 fully saturated rings. The number of nitrogens with one attached hydrogen (secondary N) is 1. The molecule has 0 bridgehead atoms. The molecule has 0 spiro atoms. The highest BCUT2D eigenvalue weighted by atomic mass is 16.5. The number of anilines is 1. The number of carbonyl (C=O) groups excluding carboxylic acids is 2. The van der Waals surface area contributed by atoms with E-state index in [1.165, 1.54) is 10.9 Å². The monoisotopic (exact) mass is 398 g/mol. The van der Waals surface area contributed by atoms with Gasteiger partial charge in [-0.15, -0.1) is 0 Å². The number of esters is 1. The van der Waals surface area contributed by atoms with Crippen molar-refractivity contribution in [3.63, 3.8) is 0 Å². The van der Waals surface area contributed by atoms with Gasteiger partial charge in [0.25, 0.3) is 11.3 Å². The van der Waals surface area contributed by atoms with E-state index in [1.54, 1.807) is 13.8 Å². The van der Waals surface area contributed by atoms with Gasteiger partial charge in [-0.05, 0) is 31.4 Å². The minimum atomic E-state index is -0.825. The summed E-state index contributed by atoms with van der Waals surface area (Å²) in [6, 6.07) is 6.65. The Bertz CT molecular complexity index is 1100. The highest BCUT2D eigenvalue weighted by Gasteiger charge is 2.26. The van der Waals surface area contributed by atoms with Crippen LogP contribution in [0.1, 0.15) is 49.3 Å². The van der Waals surface area contributed by atoms with Gasteiger partial charge in [0.2, 0.25) is 11.6 Å². The third-order valence-corrected chi connectivity index (χ3v) is 4.57. The Balaban J connectivity index is 2.00. The molecule has 152 valence electrons. The number of carbonyl (C=O) groups is 2. The molecule has 9 nitrogen and oxygen atoms in total. The number of nitrogens with zero attached hydrogens (tertiary/aromatic N) is 3. The summed E-state index contributed by atoms with van der Waals surface area (Å²) in [5.41, 5.74) is 0.754. The lowest BCUT2D eigenvalue weighted by Crippen LogP contribution is -2.33. The minimum absolute atomic E-state index is 0.0825. The van der Waals surface area contributed by atoms with Crippen LogP contribution in [0.15, 0.2) is 39.9 Å². The van der Waals surface area contributed by atoms with E-state index in [1.807, 2.05) is 31.2 Å². The van der Waals surface area contributed by atoms with Crippen molar-refractivity contribution >= 4 is 28.7 Å². The Hall–Kier alpha value is -3.49. The maximum absolute atomic E-state index is 13.0. The molecular formula is C20H22N4O5. The van der Waals surface area contributed by atoms with Gasteiger partial charge in [0.05, 0.1) is 6.61 Å². The van der Waals surface area contributed by atoms with Gasteiger partial charge in [0.15, 0.2) is 0 Å². The zero-order valence-corrected chi connectivity index (χ0v) is 16.5. The summed E-state index contributed by atoms with van der Waals surface area (Å²) in [6.07, 6.45) is 2.32. The third kappa shape index (κ3) is 3.89. The Morgan fingerprint density at radius 3 is 2.69 bits per heavy atom. The van der Waals surface area contributed by atoms with Crippen LogP contribution >= 0.6 is 0 Å². The maximum Gasteiger partial charge on any atom is 0.361 e. The first-order chi connectivity index (χ1) is 14.0. The van der Waals surface area contributed by atoms with Gasteiger partial charge in [0, 0.05) is 5.69 Å². The number of para-hydroxylation sites is 1. The number of hydrogen-bond donors (Lipinski definition) is 1. The second-order valence-electron chi connectivity index (χ2n) is 6.31. The van der Waals surface area contributed by atoms with E-state index in [0.717, 1.165) is 12.0 Å². The fourth-order valence-electron chi connectivity index (χ4n) is 3.09. The molecule has 0 aliphatic carbocycles. The number of rotatable bonds is 7. The number of fused-ring (bicyclic) bond motifs is 1. The van der Waals surface area contributed by atoms with Crippen LogP contribution in [0.2, 0.25) is 0 Å². The Morgan fingerprint density at radius 2 is 2.00 bits per heavy atom. The third-order valence-electron chi connectivity index (χ3n) is 4.57. The van der Waals surface area contributed by atoms with Gasteiger partial charge in [-0.1, -0.05) is 37.2 Å². The van der Waals surface area contributed by atoms with Gasteiger partial charge in [0.1, 0.15) is 17.8 Å². The average molecular weight is 398 g/mol. The molecule has 0 saturated heterocycles. The molecule has 0 saturated carbocycles. The molecule has 2 aromatic heterocycles. The highest BCUT2D eigenvalue weighted by Crippen LogP contribution is 2.20. The normalized spacial score (nSPS) is 12.0. The lowest BCUT2D eigenvalue weighted by Gasteiger charge is -2.18. The number of aromatic nitrogens is 3. The highest BCUT2D eigenvalue weighted by molar-refractivity contribution is 6.00. The number of hydrogen-bond acceptors (Lipinski definition) is 7. The van der Waals surface area contributed by atoms with Crippen molar-refractivity contribution in [3.8, 4) is 0 Å². The number of benzene rings is 1. The zero-order valence-electron chi connectivity index (χ0n) is 16.5. The van der Waals surface area contributed by atoms with E-state index in [4.69, 9.17) is 9.26 Å². The first-order valence-corrected chi connectivity index (χ1v) is 9.44.